The van der Waals surface area contributed by atoms with E-state index in [0.717, 1.165) is 31.6 Å². The van der Waals surface area contributed by atoms with Crippen molar-refractivity contribution in [2.75, 3.05) is 25.5 Å². The van der Waals surface area contributed by atoms with Gasteiger partial charge in [0.25, 0.3) is 5.91 Å². The van der Waals surface area contributed by atoms with Gasteiger partial charge in [-0.2, -0.15) is 0 Å². The molecular formula is C14H20N2O2. The molecule has 1 aliphatic rings. The lowest BCUT2D eigenvalue weighted by Gasteiger charge is -2.22. The van der Waals surface area contributed by atoms with Crippen LogP contribution in [0.5, 0.6) is 0 Å². The first-order valence-corrected chi connectivity index (χ1v) is 6.39. The summed E-state index contributed by atoms with van der Waals surface area (Å²) in [6.07, 6.45) is 2.20. The van der Waals surface area contributed by atoms with Crippen LogP contribution < -0.4 is 11.1 Å². The lowest BCUT2D eigenvalue weighted by Crippen LogP contribution is -2.33. The maximum atomic E-state index is 12.1. The van der Waals surface area contributed by atoms with Crippen molar-refractivity contribution in [2.45, 2.75) is 19.8 Å². The third-order valence-corrected chi connectivity index (χ3v) is 3.43. The topological polar surface area (TPSA) is 64.4 Å². The number of nitrogens with two attached hydrogens (primary N) is 1. The molecule has 0 saturated carbocycles. The summed E-state index contributed by atoms with van der Waals surface area (Å²) in [5, 5.41) is 2.96. The van der Waals surface area contributed by atoms with Gasteiger partial charge in [-0.15, -0.1) is 0 Å². The van der Waals surface area contributed by atoms with Crippen LogP contribution in [0.15, 0.2) is 18.2 Å². The SMILES string of the molecule is Cc1c(N)cccc1C(=O)NCC1CCCOC1. The minimum Gasteiger partial charge on any atom is -0.398 e. The van der Waals surface area contributed by atoms with E-state index in [1.165, 1.54) is 0 Å². The van der Waals surface area contributed by atoms with Gasteiger partial charge in [0.2, 0.25) is 0 Å². The Morgan fingerprint density at radius 2 is 2.39 bits per heavy atom. The van der Waals surface area contributed by atoms with Crippen LogP contribution in [0, 0.1) is 12.8 Å². The minimum atomic E-state index is -0.0506. The molecule has 0 aliphatic carbocycles. The zero-order chi connectivity index (χ0) is 13.0. The molecule has 18 heavy (non-hydrogen) atoms. The average Bonchev–Trinajstić information content (AvgIpc) is 2.40. The molecule has 2 rings (SSSR count). The second-order valence-corrected chi connectivity index (χ2v) is 4.81. The van der Waals surface area contributed by atoms with Crippen molar-refractivity contribution in [1.29, 1.82) is 0 Å². The van der Waals surface area contributed by atoms with Gasteiger partial charge < -0.3 is 15.8 Å². The Morgan fingerprint density at radius 3 is 3.11 bits per heavy atom. The smallest absolute Gasteiger partial charge is 0.251 e. The molecule has 1 amide bonds. The van der Waals surface area contributed by atoms with E-state index in [2.05, 4.69) is 5.32 Å². The van der Waals surface area contributed by atoms with Gasteiger partial charge in [-0.25, -0.2) is 0 Å². The predicted octanol–water partition coefficient (Wildman–Crippen LogP) is 1.73. The van der Waals surface area contributed by atoms with Crippen LogP contribution in [0.4, 0.5) is 5.69 Å². The first-order chi connectivity index (χ1) is 8.68. The van der Waals surface area contributed by atoms with E-state index in [0.29, 0.717) is 23.7 Å². The Bertz CT molecular complexity index is 426. The third-order valence-electron chi connectivity index (χ3n) is 3.43. The van der Waals surface area contributed by atoms with Crippen LogP contribution in [0.25, 0.3) is 0 Å². The molecule has 98 valence electrons. The summed E-state index contributed by atoms with van der Waals surface area (Å²) < 4.78 is 5.39. The lowest BCUT2D eigenvalue weighted by atomic mass is 10.0. The van der Waals surface area contributed by atoms with E-state index in [9.17, 15) is 4.79 Å². The van der Waals surface area contributed by atoms with Crippen molar-refractivity contribution < 1.29 is 9.53 Å². The molecule has 0 bridgehead atoms. The van der Waals surface area contributed by atoms with Crippen molar-refractivity contribution in [3.8, 4) is 0 Å². The lowest BCUT2D eigenvalue weighted by molar-refractivity contribution is 0.0536. The molecular weight excluding hydrogens is 228 g/mol. The first-order valence-electron chi connectivity index (χ1n) is 6.39. The second kappa shape index (κ2) is 5.87. The molecule has 0 radical (unpaired) electrons. The monoisotopic (exact) mass is 248 g/mol. The molecule has 1 unspecified atom stereocenters. The van der Waals surface area contributed by atoms with Gasteiger partial charge in [-0.3, -0.25) is 4.79 Å². The summed E-state index contributed by atoms with van der Waals surface area (Å²) in [5.74, 6) is 0.384. The van der Waals surface area contributed by atoms with Crippen molar-refractivity contribution in [1.82, 2.24) is 5.32 Å². The Balaban J connectivity index is 1.93. The van der Waals surface area contributed by atoms with Crippen LogP contribution in [-0.2, 0) is 4.74 Å². The number of nitrogens with one attached hydrogen (secondary N) is 1. The highest BCUT2D eigenvalue weighted by molar-refractivity contribution is 5.96. The molecule has 1 saturated heterocycles. The summed E-state index contributed by atoms with van der Waals surface area (Å²) >= 11 is 0. The third kappa shape index (κ3) is 3.01. The first kappa shape index (κ1) is 12.9. The molecule has 4 heteroatoms. The standard InChI is InChI=1S/C14H20N2O2/c1-10-12(5-2-6-13(10)15)14(17)16-8-11-4-3-7-18-9-11/h2,5-6,11H,3-4,7-9,15H2,1H3,(H,16,17). The van der Waals surface area contributed by atoms with Gasteiger partial charge in [0, 0.05) is 24.4 Å². The van der Waals surface area contributed by atoms with E-state index in [1.807, 2.05) is 6.92 Å². The van der Waals surface area contributed by atoms with E-state index >= 15 is 0 Å². The summed E-state index contributed by atoms with van der Waals surface area (Å²) in [6, 6.07) is 5.42. The van der Waals surface area contributed by atoms with Gasteiger partial charge in [-0.05, 0) is 43.4 Å². The van der Waals surface area contributed by atoms with Crippen molar-refractivity contribution in [3.63, 3.8) is 0 Å². The Hall–Kier alpha value is -1.55. The summed E-state index contributed by atoms with van der Waals surface area (Å²) in [6.45, 7) is 4.13. The van der Waals surface area contributed by atoms with Crippen LogP contribution in [0.3, 0.4) is 0 Å². The highest BCUT2D eigenvalue weighted by atomic mass is 16.5. The zero-order valence-corrected chi connectivity index (χ0v) is 10.7. The fraction of sp³-hybridized carbons (Fsp3) is 0.500. The molecule has 3 N–H and O–H groups in total. The zero-order valence-electron chi connectivity index (χ0n) is 10.7. The normalized spacial score (nSPS) is 19.5. The number of carbonyl (C=O) groups excluding carboxylic acids is 1. The van der Waals surface area contributed by atoms with Gasteiger partial charge in [0.05, 0.1) is 6.61 Å². The van der Waals surface area contributed by atoms with E-state index < -0.39 is 0 Å². The van der Waals surface area contributed by atoms with Gasteiger partial charge in [0.1, 0.15) is 0 Å². The van der Waals surface area contributed by atoms with E-state index in [1.54, 1.807) is 18.2 Å². The molecule has 0 spiro atoms. The largest absolute Gasteiger partial charge is 0.398 e. The molecule has 0 aromatic heterocycles. The molecule has 1 heterocycles. The Morgan fingerprint density at radius 1 is 1.56 bits per heavy atom. The number of rotatable bonds is 3. The fourth-order valence-corrected chi connectivity index (χ4v) is 2.20. The average molecular weight is 248 g/mol. The number of carbonyl (C=O) groups is 1. The molecule has 1 fully saturated rings. The number of amides is 1. The molecule has 1 aliphatic heterocycles. The Labute approximate surface area is 108 Å². The number of ether oxygens (including phenoxy) is 1. The van der Waals surface area contributed by atoms with Crippen LogP contribution in [0.1, 0.15) is 28.8 Å². The number of anilines is 1. The van der Waals surface area contributed by atoms with Gasteiger partial charge in [0.15, 0.2) is 0 Å². The van der Waals surface area contributed by atoms with Crippen LogP contribution >= 0.6 is 0 Å². The maximum absolute atomic E-state index is 12.1. The highest BCUT2D eigenvalue weighted by Crippen LogP contribution is 2.16. The van der Waals surface area contributed by atoms with Crippen molar-refractivity contribution in [2.24, 2.45) is 5.92 Å². The van der Waals surface area contributed by atoms with Crippen LogP contribution in [-0.4, -0.2) is 25.7 Å². The number of benzene rings is 1. The molecule has 1 aromatic carbocycles. The number of hydrogen-bond donors (Lipinski definition) is 2. The quantitative estimate of drug-likeness (QED) is 0.801. The van der Waals surface area contributed by atoms with Crippen molar-refractivity contribution in [3.05, 3.63) is 29.3 Å². The van der Waals surface area contributed by atoms with E-state index in [-0.39, 0.29) is 5.91 Å². The molecule has 4 nitrogen and oxygen atoms in total. The predicted molar refractivity (Wildman–Crippen MR) is 71.5 cm³/mol. The fourth-order valence-electron chi connectivity index (χ4n) is 2.20. The van der Waals surface area contributed by atoms with Crippen LogP contribution in [0.2, 0.25) is 0 Å². The maximum Gasteiger partial charge on any atom is 0.251 e. The van der Waals surface area contributed by atoms with E-state index in [4.69, 9.17) is 10.5 Å². The second-order valence-electron chi connectivity index (χ2n) is 4.81. The number of nitrogen functional groups attached to an aromatic ring is 1. The van der Waals surface area contributed by atoms with Gasteiger partial charge >= 0.3 is 0 Å². The van der Waals surface area contributed by atoms with Gasteiger partial charge in [-0.1, -0.05) is 6.07 Å². The highest BCUT2D eigenvalue weighted by Gasteiger charge is 2.16. The number of hydrogen-bond acceptors (Lipinski definition) is 3. The van der Waals surface area contributed by atoms with Crippen molar-refractivity contribution >= 4 is 11.6 Å². The molecule has 1 aromatic rings. The summed E-state index contributed by atoms with van der Waals surface area (Å²) in [5.41, 5.74) is 7.96. The Kier molecular flexibility index (Phi) is 4.20. The summed E-state index contributed by atoms with van der Waals surface area (Å²) in [4.78, 5) is 12.1. The minimum absolute atomic E-state index is 0.0506. The summed E-state index contributed by atoms with van der Waals surface area (Å²) in [7, 11) is 0. The molecule has 1 atom stereocenters.